The van der Waals surface area contributed by atoms with Crippen molar-refractivity contribution in [2.75, 3.05) is 13.2 Å². The molecule has 61 heavy (non-hydrogen) atoms. The van der Waals surface area contributed by atoms with Gasteiger partial charge in [0.1, 0.15) is 13.2 Å². The molecular weight excluding hydrogens is 757 g/mol. The van der Waals surface area contributed by atoms with Crippen LogP contribution in [0, 0.1) is 17.8 Å². The molecule has 0 aliphatic heterocycles. The van der Waals surface area contributed by atoms with E-state index in [1.807, 2.05) is 0 Å². The van der Waals surface area contributed by atoms with Gasteiger partial charge in [-0.15, -0.1) is 0 Å². The molecule has 0 heterocycles. The van der Waals surface area contributed by atoms with Crippen molar-refractivity contribution in [2.45, 2.75) is 304 Å². The van der Waals surface area contributed by atoms with Gasteiger partial charge in [-0.2, -0.15) is 0 Å². The molecule has 0 aliphatic rings. The second kappa shape index (κ2) is 46.4. The highest BCUT2D eigenvalue weighted by Crippen LogP contribution is 2.18. The molecule has 0 bridgehead atoms. The van der Waals surface area contributed by atoms with Gasteiger partial charge in [-0.1, -0.05) is 260 Å². The largest absolute Gasteiger partial charge is 0.462 e. The van der Waals surface area contributed by atoms with E-state index in [2.05, 4.69) is 41.5 Å². The van der Waals surface area contributed by atoms with Crippen molar-refractivity contribution >= 4 is 17.9 Å². The Morgan fingerprint density at radius 1 is 0.328 bits per heavy atom. The Morgan fingerprint density at radius 2 is 0.574 bits per heavy atom. The van der Waals surface area contributed by atoms with E-state index in [-0.39, 0.29) is 31.1 Å². The predicted octanol–water partition coefficient (Wildman–Crippen LogP) is 17.6. The quantitative estimate of drug-likeness (QED) is 0.0344. The van der Waals surface area contributed by atoms with Crippen molar-refractivity contribution in [3.8, 4) is 0 Å². The van der Waals surface area contributed by atoms with Crippen molar-refractivity contribution in [1.82, 2.24) is 0 Å². The summed E-state index contributed by atoms with van der Waals surface area (Å²) in [6.45, 7) is 13.8. The second-order valence-electron chi connectivity index (χ2n) is 20.1. The number of carbonyl (C=O) groups is 3. The summed E-state index contributed by atoms with van der Waals surface area (Å²) < 4.78 is 16.8. The SMILES string of the molecule is CCC(C)CCCCCCCCCCCCC(=O)O[C@@H](COC(=O)CCCCCCCCCCCCCCCC(C)C)COC(=O)CCCCCCCCCCCCC(C)C. The molecule has 1 unspecified atom stereocenters. The molecule has 0 N–H and O–H groups in total. The summed E-state index contributed by atoms with van der Waals surface area (Å²) in [5.74, 6) is 1.68. The van der Waals surface area contributed by atoms with E-state index in [0.29, 0.717) is 19.3 Å². The third-order valence-electron chi connectivity index (χ3n) is 12.8. The Morgan fingerprint density at radius 3 is 0.852 bits per heavy atom. The van der Waals surface area contributed by atoms with Crippen LogP contribution in [0.25, 0.3) is 0 Å². The summed E-state index contributed by atoms with van der Waals surface area (Å²) in [7, 11) is 0. The van der Waals surface area contributed by atoms with Crippen LogP contribution in [0.5, 0.6) is 0 Å². The zero-order valence-corrected chi connectivity index (χ0v) is 42.0. The predicted molar refractivity (Wildman–Crippen MR) is 261 cm³/mol. The smallest absolute Gasteiger partial charge is 0.306 e. The maximum Gasteiger partial charge on any atom is 0.306 e. The molecule has 6 nitrogen and oxygen atoms in total. The van der Waals surface area contributed by atoms with E-state index in [1.165, 1.54) is 180 Å². The molecule has 6 heteroatoms. The lowest BCUT2D eigenvalue weighted by molar-refractivity contribution is -0.167. The van der Waals surface area contributed by atoms with Crippen molar-refractivity contribution in [3.63, 3.8) is 0 Å². The van der Waals surface area contributed by atoms with E-state index in [9.17, 15) is 14.4 Å². The molecule has 0 aromatic rings. The van der Waals surface area contributed by atoms with Gasteiger partial charge in [-0.25, -0.2) is 0 Å². The number of esters is 3. The van der Waals surface area contributed by atoms with Gasteiger partial charge in [0.2, 0.25) is 0 Å². The first-order valence-corrected chi connectivity index (χ1v) is 27.1. The van der Waals surface area contributed by atoms with Crippen LogP contribution in [-0.2, 0) is 28.6 Å². The number of hydrogen-bond acceptors (Lipinski definition) is 6. The molecule has 0 amide bonds. The summed E-state index contributed by atoms with van der Waals surface area (Å²) in [4.78, 5) is 38.0. The number of carbonyl (C=O) groups excluding carboxylic acids is 3. The number of ether oxygens (including phenoxy) is 3. The maximum atomic E-state index is 12.8. The monoisotopic (exact) mass is 863 g/mol. The molecule has 2 atom stereocenters. The highest BCUT2D eigenvalue weighted by molar-refractivity contribution is 5.71. The van der Waals surface area contributed by atoms with E-state index in [0.717, 1.165) is 75.5 Å². The Kier molecular flexibility index (Phi) is 45.2. The first-order valence-electron chi connectivity index (χ1n) is 27.1. The van der Waals surface area contributed by atoms with Crippen LogP contribution in [-0.4, -0.2) is 37.2 Å². The third kappa shape index (κ3) is 47.7. The molecule has 0 aromatic carbocycles. The van der Waals surface area contributed by atoms with Crippen LogP contribution in [0.15, 0.2) is 0 Å². The highest BCUT2D eigenvalue weighted by atomic mass is 16.6. The summed E-state index contributed by atoms with van der Waals surface area (Å²) >= 11 is 0. The van der Waals surface area contributed by atoms with Crippen LogP contribution in [0.4, 0.5) is 0 Å². The summed E-state index contributed by atoms with van der Waals surface area (Å²) in [5.41, 5.74) is 0. The fourth-order valence-electron chi connectivity index (χ4n) is 8.26. The average Bonchev–Trinajstić information content (AvgIpc) is 3.23. The fourth-order valence-corrected chi connectivity index (χ4v) is 8.26. The van der Waals surface area contributed by atoms with E-state index >= 15 is 0 Å². The normalized spacial score (nSPS) is 12.6. The minimum absolute atomic E-state index is 0.0643. The summed E-state index contributed by atoms with van der Waals surface area (Å²) in [6, 6.07) is 0. The standard InChI is InChI=1S/C55H106O6/c1-7-51(6)43-37-31-25-19-14-16-22-28-34-40-46-55(58)61-52(48-60-54(57)45-39-33-27-21-15-13-18-24-30-36-42-50(4)5)47-59-53(56)44-38-32-26-20-12-10-8-9-11-17-23-29-35-41-49(2)3/h49-52H,7-48H2,1-6H3/t51?,52-/m0/s1. The zero-order valence-electron chi connectivity index (χ0n) is 42.0. The van der Waals surface area contributed by atoms with E-state index in [1.54, 1.807) is 0 Å². The Hall–Kier alpha value is -1.59. The van der Waals surface area contributed by atoms with Crippen molar-refractivity contribution in [2.24, 2.45) is 17.8 Å². The van der Waals surface area contributed by atoms with Crippen molar-refractivity contribution < 1.29 is 28.6 Å². The average molecular weight is 863 g/mol. The van der Waals surface area contributed by atoms with Crippen LogP contribution < -0.4 is 0 Å². The lowest BCUT2D eigenvalue weighted by Gasteiger charge is -2.18. The van der Waals surface area contributed by atoms with Gasteiger partial charge in [0.25, 0.3) is 0 Å². The van der Waals surface area contributed by atoms with Gasteiger partial charge >= 0.3 is 17.9 Å². The van der Waals surface area contributed by atoms with E-state index in [4.69, 9.17) is 14.2 Å². The van der Waals surface area contributed by atoms with Gasteiger partial charge in [-0.05, 0) is 37.0 Å². The topological polar surface area (TPSA) is 78.9 Å². The molecule has 0 rings (SSSR count). The molecule has 0 saturated carbocycles. The van der Waals surface area contributed by atoms with Gasteiger partial charge in [0, 0.05) is 19.3 Å². The van der Waals surface area contributed by atoms with E-state index < -0.39 is 6.10 Å². The lowest BCUT2D eigenvalue weighted by atomic mass is 9.99. The lowest BCUT2D eigenvalue weighted by Crippen LogP contribution is -2.30. The minimum atomic E-state index is -0.763. The Balaban J connectivity index is 4.32. The minimum Gasteiger partial charge on any atom is -0.462 e. The molecule has 0 fully saturated rings. The molecule has 0 radical (unpaired) electrons. The van der Waals surface area contributed by atoms with Crippen LogP contribution >= 0.6 is 0 Å². The Labute approximate surface area is 380 Å². The number of rotatable bonds is 48. The van der Waals surface area contributed by atoms with Crippen LogP contribution in [0.3, 0.4) is 0 Å². The summed E-state index contributed by atoms with van der Waals surface area (Å²) in [6.07, 6.45) is 46.5. The van der Waals surface area contributed by atoms with Gasteiger partial charge in [0.05, 0.1) is 0 Å². The molecule has 0 spiro atoms. The molecule has 0 aromatic heterocycles. The fraction of sp³-hybridized carbons (Fsp3) is 0.945. The third-order valence-corrected chi connectivity index (χ3v) is 12.8. The summed E-state index contributed by atoms with van der Waals surface area (Å²) in [5, 5.41) is 0. The number of hydrogen-bond donors (Lipinski definition) is 0. The molecule has 362 valence electrons. The van der Waals surface area contributed by atoms with Gasteiger partial charge in [-0.3, -0.25) is 14.4 Å². The van der Waals surface area contributed by atoms with Crippen molar-refractivity contribution in [1.29, 1.82) is 0 Å². The molecular formula is C55H106O6. The second-order valence-corrected chi connectivity index (χ2v) is 20.1. The molecule has 0 saturated heterocycles. The van der Waals surface area contributed by atoms with Crippen LogP contribution in [0.2, 0.25) is 0 Å². The first-order chi connectivity index (χ1) is 29.6. The number of unbranched alkanes of at least 4 members (excludes halogenated alkanes) is 30. The maximum absolute atomic E-state index is 12.8. The zero-order chi connectivity index (χ0) is 44.9. The Bertz CT molecular complexity index is 947. The van der Waals surface area contributed by atoms with Crippen molar-refractivity contribution in [3.05, 3.63) is 0 Å². The highest BCUT2D eigenvalue weighted by Gasteiger charge is 2.19. The van der Waals surface area contributed by atoms with Gasteiger partial charge < -0.3 is 14.2 Å². The molecule has 0 aliphatic carbocycles. The van der Waals surface area contributed by atoms with Crippen LogP contribution in [0.1, 0.15) is 298 Å². The van der Waals surface area contributed by atoms with Gasteiger partial charge in [0.15, 0.2) is 6.10 Å². The first kappa shape index (κ1) is 59.4.